The van der Waals surface area contributed by atoms with Gasteiger partial charge in [0.15, 0.2) is 17.5 Å². The van der Waals surface area contributed by atoms with Gasteiger partial charge in [-0.15, -0.1) is 24.0 Å². The zero-order valence-corrected chi connectivity index (χ0v) is 21.2. The molecular weight excluding hydrogens is 504 g/mol. The maximum atomic E-state index is 14.3. The minimum Gasteiger partial charge on any atom is -0.490 e. The molecule has 166 valence electrons. The van der Waals surface area contributed by atoms with Gasteiger partial charge >= 0.3 is 0 Å². The summed E-state index contributed by atoms with van der Waals surface area (Å²) >= 11 is 0. The van der Waals surface area contributed by atoms with Crippen molar-refractivity contribution in [1.82, 2.24) is 10.6 Å². The summed E-state index contributed by atoms with van der Waals surface area (Å²) in [5.41, 5.74) is 0.820. The second-order valence-electron chi connectivity index (χ2n) is 8.23. The number of aliphatic imine (C=N–C) groups is 1. The van der Waals surface area contributed by atoms with Crippen LogP contribution in [0.4, 0.5) is 4.39 Å². The van der Waals surface area contributed by atoms with E-state index < -0.39 is 10.8 Å². The topological polar surface area (TPSA) is 62.7 Å². The molecule has 0 aliphatic heterocycles. The van der Waals surface area contributed by atoms with Crippen molar-refractivity contribution in [2.75, 3.05) is 25.4 Å². The van der Waals surface area contributed by atoms with Crippen LogP contribution >= 0.6 is 24.0 Å². The van der Waals surface area contributed by atoms with Gasteiger partial charge in [0.25, 0.3) is 0 Å². The Hall–Kier alpha value is -0.900. The molecule has 1 aliphatic rings. The van der Waals surface area contributed by atoms with Crippen molar-refractivity contribution in [3.8, 4) is 5.75 Å². The Bertz CT molecular complexity index is 706. The number of rotatable bonds is 9. The molecule has 0 radical (unpaired) electrons. The first kappa shape index (κ1) is 26.1. The van der Waals surface area contributed by atoms with E-state index in [1.165, 1.54) is 18.9 Å². The van der Waals surface area contributed by atoms with Crippen molar-refractivity contribution >= 4 is 40.7 Å². The first-order chi connectivity index (χ1) is 13.2. The van der Waals surface area contributed by atoms with E-state index in [9.17, 15) is 8.60 Å². The van der Waals surface area contributed by atoms with Gasteiger partial charge in [0.1, 0.15) is 0 Å². The third-order valence-electron chi connectivity index (χ3n) is 4.55. The molecule has 2 rings (SSSR count). The van der Waals surface area contributed by atoms with Gasteiger partial charge < -0.3 is 15.4 Å². The van der Waals surface area contributed by atoms with Gasteiger partial charge in [0, 0.05) is 27.8 Å². The lowest BCUT2D eigenvalue weighted by Gasteiger charge is -2.20. The van der Waals surface area contributed by atoms with Crippen LogP contribution < -0.4 is 15.4 Å². The monoisotopic (exact) mass is 539 g/mol. The van der Waals surface area contributed by atoms with Gasteiger partial charge in [-0.25, -0.2) is 4.39 Å². The van der Waals surface area contributed by atoms with E-state index in [4.69, 9.17) is 4.74 Å². The van der Waals surface area contributed by atoms with Gasteiger partial charge in [-0.05, 0) is 71.1 Å². The number of ether oxygens (including phenoxy) is 1. The molecule has 2 unspecified atom stereocenters. The molecule has 5 nitrogen and oxygen atoms in total. The van der Waals surface area contributed by atoms with Crippen LogP contribution in [0.5, 0.6) is 5.75 Å². The minimum atomic E-state index is -0.939. The van der Waals surface area contributed by atoms with Gasteiger partial charge in [0.2, 0.25) is 0 Å². The van der Waals surface area contributed by atoms with Crippen LogP contribution in [-0.4, -0.2) is 40.4 Å². The van der Waals surface area contributed by atoms with Crippen molar-refractivity contribution in [2.45, 2.75) is 58.2 Å². The molecule has 0 bridgehead atoms. The quantitative estimate of drug-likeness (QED) is 0.278. The molecule has 0 amide bonds. The van der Waals surface area contributed by atoms with E-state index in [0.717, 1.165) is 5.56 Å². The summed E-state index contributed by atoms with van der Waals surface area (Å²) in [5.74, 6) is 1.71. The summed E-state index contributed by atoms with van der Waals surface area (Å²) in [6, 6.07) is 4.96. The van der Waals surface area contributed by atoms with Gasteiger partial charge in [-0.2, -0.15) is 0 Å². The molecule has 1 aromatic rings. The lowest BCUT2D eigenvalue weighted by molar-refractivity contribution is 0.285. The van der Waals surface area contributed by atoms with Crippen LogP contribution in [0, 0.1) is 11.7 Å². The van der Waals surface area contributed by atoms with Crippen LogP contribution in [0.15, 0.2) is 23.2 Å². The first-order valence-corrected chi connectivity index (χ1v) is 11.4. The van der Waals surface area contributed by atoms with Gasteiger partial charge in [0.05, 0.1) is 19.2 Å². The molecule has 1 fully saturated rings. The Balaban J connectivity index is 0.00000420. The smallest absolute Gasteiger partial charge is 0.191 e. The predicted octanol–water partition coefficient (Wildman–Crippen LogP) is 4.40. The molecule has 1 aromatic carbocycles. The Morgan fingerprint density at radius 2 is 2.07 bits per heavy atom. The van der Waals surface area contributed by atoms with Crippen molar-refractivity contribution < 1.29 is 13.3 Å². The highest BCUT2D eigenvalue weighted by Crippen LogP contribution is 2.30. The largest absolute Gasteiger partial charge is 0.490 e. The van der Waals surface area contributed by atoms with E-state index in [1.54, 1.807) is 6.07 Å². The number of hydrogen-bond acceptors (Lipinski definition) is 3. The van der Waals surface area contributed by atoms with Crippen LogP contribution in [0.25, 0.3) is 0 Å². The molecule has 0 aromatic heterocycles. The summed E-state index contributed by atoms with van der Waals surface area (Å²) in [5, 5.41) is 6.47. The number of hydrogen-bond donors (Lipinski definition) is 2. The zero-order valence-electron chi connectivity index (χ0n) is 18.1. The lowest BCUT2D eigenvalue weighted by atomic mass is 10.1. The van der Waals surface area contributed by atoms with Gasteiger partial charge in [-0.3, -0.25) is 9.20 Å². The SMILES string of the molecule is CCNC(=NCCS(=O)C(C)(C)C)NC(C)c1ccc(OCC2CC2)c(F)c1.I. The second-order valence-corrected chi connectivity index (χ2v) is 10.6. The Morgan fingerprint density at radius 3 is 2.62 bits per heavy atom. The first-order valence-electron chi connectivity index (χ1n) is 10.1. The molecule has 2 N–H and O–H groups in total. The predicted molar refractivity (Wildman–Crippen MR) is 130 cm³/mol. The number of nitrogens with one attached hydrogen (secondary N) is 2. The fourth-order valence-corrected chi connectivity index (χ4v) is 3.42. The van der Waals surface area contributed by atoms with E-state index in [2.05, 4.69) is 15.6 Å². The molecule has 8 heteroatoms. The van der Waals surface area contributed by atoms with E-state index in [-0.39, 0.29) is 40.6 Å². The summed E-state index contributed by atoms with van der Waals surface area (Å²) in [6.45, 7) is 11.6. The van der Waals surface area contributed by atoms with Gasteiger partial charge in [-0.1, -0.05) is 6.07 Å². The maximum Gasteiger partial charge on any atom is 0.191 e. The number of halogens is 2. The number of nitrogens with zero attached hydrogens (tertiary/aromatic N) is 1. The summed E-state index contributed by atoms with van der Waals surface area (Å²) in [7, 11) is -0.939. The van der Waals surface area contributed by atoms with E-state index >= 15 is 0 Å². The van der Waals surface area contributed by atoms with Crippen LogP contribution in [0.2, 0.25) is 0 Å². The third kappa shape index (κ3) is 9.19. The Labute approximate surface area is 194 Å². The molecule has 2 atom stereocenters. The van der Waals surface area contributed by atoms with Crippen molar-refractivity contribution in [3.63, 3.8) is 0 Å². The van der Waals surface area contributed by atoms with Crippen LogP contribution in [-0.2, 0) is 10.8 Å². The Kier molecular flexibility index (Phi) is 10.9. The van der Waals surface area contributed by atoms with Crippen LogP contribution in [0.1, 0.15) is 59.1 Å². The third-order valence-corrected chi connectivity index (χ3v) is 6.47. The highest BCUT2D eigenvalue weighted by atomic mass is 127. The number of benzene rings is 1. The van der Waals surface area contributed by atoms with Crippen molar-refractivity contribution in [1.29, 1.82) is 0 Å². The summed E-state index contributed by atoms with van der Waals surface area (Å²) < 4.78 is 31.8. The molecule has 0 spiro atoms. The molecule has 1 saturated carbocycles. The fraction of sp³-hybridized carbons (Fsp3) is 0.667. The standard InChI is InChI=1S/C21H34FN3O2S.HI/c1-6-23-20(24-11-12-28(26)21(3,4)5)25-15(2)17-9-10-19(18(22)13-17)27-14-16-7-8-16;/h9-10,13,15-16H,6-8,11-12,14H2,1-5H3,(H2,23,24,25);1H. The number of guanidine groups is 1. The maximum absolute atomic E-state index is 14.3. The zero-order chi connectivity index (χ0) is 20.7. The van der Waals surface area contributed by atoms with E-state index in [0.29, 0.717) is 43.1 Å². The summed E-state index contributed by atoms with van der Waals surface area (Å²) in [6.07, 6.45) is 2.35. The van der Waals surface area contributed by atoms with E-state index in [1.807, 2.05) is 40.7 Å². The normalized spacial score (nSPS) is 16.6. The lowest BCUT2D eigenvalue weighted by Crippen LogP contribution is -2.39. The Morgan fingerprint density at radius 1 is 1.38 bits per heavy atom. The molecule has 1 aliphatic carbocycles. The molecule has 29 heavy (non-hydrogen) atoms. The highest BCUT2D eigenvalue weighted by Gasteiger charge is 2.23. The molecule has 0 heterocycles. The van der Waals surface area contributed by atoms with Crippen molar-refractivity contribution in [2.24, 2.45) is 10.9 Å². The fourth-order valence-electron chi connectivity index (χ4n) is 2.55. The second kappa shape index (κ2) is 12.1. The average molecular weight is 539 g/mol. The molecule has 0 saturated heterocycles. The van der Waals surface area contributed by atoms with Crippen LogP contribution in [0.3, 0.4) is 0 Å². The highest BCUT2D eigenvalue weighted by molar-refractivity contribution is 14.0. The minimum absolute atomic E-state index is 0. The average Bonchev–Trinajstić information content (AvgIpc) is 3.44. The summed E-state index contributed by atoms with van der Waals surface area (Å²) in [4.78, 5) is 4.51. The molecular formula is C21H35FIN3O2S. The van der Waals surface area contributed by atoms with Crippen molar-refractivity contribution in [3.05, 3.63) is 29.6 Å².